The lowest BCUT2D eigenvalue weighted by Crippen LogP contribution is -2.29. The van der Waals surface area contributed by atoms with Gasteiger partial charge in [-0.3, -0.25) is 0 Å². The number of aryl methyl sites for hydroxylation is 2. The summed E-state index contributed by atoms with van der Waals surface area (Å²) in [5.41, 5.74) is 8.36. The summed E-state index contributed by atoms with van der Waals surface area (Å²) in [4.78, 5) is 2.40. The third-order valence-electron chi connectivity index (χ3n) is 6.00. The van der Waals surface area contributed by atoms with E-state index in [9.17, 15) is 0 Å². The van der Waals surface area contributed by atoms with Gasteiger partial charge >= 0.3 is 0 Å². The maximum Gasteiger partial charge on any atom is 0.208 e. The van der Waals surface area contributed by atoms with Gasteiger partial charge in [-0.1, -0.05) is 49.2 Å². The monoisotopic (exact) mass is 385 g/mol. The van der Waals surface area contributed by atoms with Gasteiger partial charge in [-0.05, 0) is 56.4 Å². The zero-order chi connectivity index (χ0) is 20.4. The van der Waals surface area contributed by atoms with Crippen molar-refractivity contribution in [3.63, 3.8) is 0 Å². The van der Waals surface area contributed by atoms with E-state index in [1.54, 1.807) is 0 Å². The van der Waals surface area contributed by atoms with E-state index in [2.05, 4.69) is 104 Å². The molecule has 0 fully saturated rings. The average molecular weight is 386 g/mol. The number of rotatable bonds is 3. The fourth-order valence-corrected chi connectivity index (χ4v) is 4.72. The average Bonchev–Trinajstić information content (AvgIpc) is 2.66. The van der Waals surface area contributed by atoms with Crippen LogP contribution in [0, 0.1) is 25.7 Å². The molecule has 0 aromatic heterocycles. The van der Waals surface area contributed by atoms with Crippen LogP contribution in [-0.2, 0) is 12.8 Å². The van der Waals surface area contributed by atoms with Crippen LogP contribution in [0.1, 0.15) is 36.1 Å². The molecule has 2 aromatic carbocycles. The number of fused-ring (bicyclic) bond motifs is 2. The summed E-state index contributed by atoms with van der Waals surface area (Å²) in [5, 5.41) is 0. The van der Waals surface area contributed by atoms with E-state index < -0.39 is 0 Å². The second-order valence-electron chi connectivity index (χ2n) is 9.06. The predicted molar refractivity (Wildman–Crippen MR) is 125 cm³/mol. The number of hydrogen-bond donors (Lipinski definition) is 0. The summed E-state index contributed by atoms with van der Waals surface area (Å²) in [6.07, 6.45) is 13.3. The Labute approximate surface area is 175 Å². The molecule has 2 aliphatic rings. The van der Waals surface area contributed by atoms with E-state index in [0.29, 0.717) is 11.8 Å². The van der Waals surface area contributed by atoms with Gasteiger partial charge in [-0.2, -0.15) is 4.58 Å². The zero-order valence-corrected chi connectivity index (χ0v) is 18.2. The number of hydrogen-bond acceptors (Lipinski definition) is 1. The molecule has 2 aromatic rings. The Bertz CT molecular complexity index is 980. The molecule has 4 rings (SSSR count). The lowest BCUT2D eigenvalue weighted by molar-refractivity contribution is -0.449. The van der Waals surface area contributed by atoms with Gasteiger partial charge in [0.05, 0.1) is 0 Å². The first-order valence-corrected chi connectivity index (χ1v) is 10.9. The highest BCUT2D eigenvalue weighted by atomic mass is 15.1. The van der Waals surface area contributed by atoms with Crippen LogP contribution in [0.5, 0.6) is 0 Å². The Balaban J connectivity index is 1.50. The molecule has 0 amide bonds. The van der Waals surface area contributed by atoms with Crippen LogP contribution in [0.4, 0.5) is 11.4 Å². The molecule has 0 saturated heterocycles. The number of benzene rings is 2. The van der Waals surface area contributed by atoms with Gasteiger partial charge in [-0.25, -0.2) is 0 Å². The highest BCUT2D eigenvalue weighted by molar-refractivity contribution is 5.69. The van der Waals surface area contributed by atoms with Crippen LogP contribution in [0.2, 0.25) is 0 Å². The molecule has 2 heteroatoms. The van der Waals surface area contributed by atoms with E-state index in [0.717, 1.165) is 13.1 Å². The van der Waals surface area contributed by atoms with Crippen LogP contribution in [-0.4, -0.2) is 23.9 Å². The molecule has 150 valence electrons. The van der Waals surface area contributed by atoms with E-state index in [-0.39, 0.29) is 0 Å². The third-order valence-corrected chi connectivity index (χ3v) is 6.00. The third kappa shape index (κ3) is 4.53. The van der Waals surface area contributed by atoms with Gasteiger partial charge in [0.1, 0.15) is 0 Å². The van der Waals surface area contributed by atoms with Crippen molar-refractivity contribution in [1.82, 2.24) is 0 Å². The van der Waals surface area contributed by atoms with Gasteiger partial charge in [0.2, 0.25) is 5.69 Å². The first kappa shape index (κ1) is 19.7. The molecule has 2 atom stereocenters. The smallest absolute Gasteiger partial charge is 0.208 e. The molecule has 29 heavy (non-hydrogen) atoms. The molecular weight excluding hydrogens is 352 g/mol. The summed E-state index contributed by atoms with van der Waals surface area (Å²) in [7, 11) is 0. The topological polar surface area (TPSA) is 6.25 Å². The Morgan fingerprint density at radius 1 is 0.862 bits per heavy atom. The second-order valence-corrected chi connectivity index (χ2v) is 9.06. The summed E-state index contributed by atoms with van der Waals surface area (Å²) in [6, 6.07) is 13.7. The second kappa shape index (κ2) is 8.41. The quantitative estimate of drug-likeness (QED) is 0.465. The van der Waals surface area contributed by atoms with Crippen LogP contribution in [0.25, 0.3) is 0 Å². The fourth-order valence-electron chi connectivity index (χ4n) is 4.72. The minimum absolute atomic E-state index is 0.680. The van der Waals surface area contributed by atoms with Gasteiger partial charge in [0.25, 0.3) is 0 Å². The molecule has 0 aliphatic carbocycles. The van der Waals surface area contributed by atoms with Gasteiger partial charge in [0, 0.05) is 42.1 Å². The van der Waals surface area contributed by atoms with Crippen molar-refractivity contribution < 1.29 is 4.58 Å². The molecule has 0 bridgehead atoms. The van der Waals surface area contributed by atoms with E-state index >= 15 is 0 Å². The van der Waals surface area contributed by atoms with E-state index in [1.807, 2.05) is 0 Å². The van der Waals surface area contributed by atoms with Crippen molar-refractivity contribution >= 4 is 17.6 Å². The minimum atomic E-state index is 0.680. The SMILES string of the molecule is Cc1ccc2c(c1)CC(C)CN2/C=C/C=C/C=[N+]1CC(C)Cc2cc(C)ccc21. The minimum Gasteiger partial charge on any atom is -0.347 e. The molecule has 0 N–H and O–H groups in total. The molecule has 0 radical (unpaired) electrons. The Hall–Kier alpha value is -2.61. The first-order chi connectivity index (χ1) is 14.0. The van der Waals surface area contributed by atoms with Crippen molar-refractivity contribution in [3.05, 3.63) is 83.1 Å². The van der Waals surface area contributed by atoms with Crippen LogP contribution in [0.3, 0.4) is 0 Å². The highest BCUT2D eigenvalue weighted by Crippen LogP contribution is 2.31. The lowest BCUT2D eigenvalue weighted by Gasteiger charge is -2.32. The molecule has 2 aliphatic heterocycles. The lowest BCUT2D eigenvalue weighted by atomic mass is 9.93. The summed E-state index contributed by atoms with van der Waals surface area (Å²) in [5.74, 6) is 1.36. The normalized spacial score (nSPS) is 23.0. The van der Waals surface area contributed by atoms with Crippen molar-refractivity contribution in [1.29, 1.82) is 0 Å². The van der Waals surface area contributed by atoms with Gasteiger partial charge in [-0.15, -0.1) is 0 Å². The van der Waals surface area contributed by atoms with Crippen LogP contribution >= 0.6 is 0 Å². The summed E-state index contributed by atoms with van der Waals surface area (Å²) >= 11 is 0. The fraction of sp³-hybridized carbons (Fsp3) is 0.370. The number of allylic oxidation sites excluding steroid dienone is 3. The Morgan fingerprint density at radius 3 is 2.41 bits per heavy atom. The first-order valence-electron chi connectivity index (χ1n) is 10.9. The zero-order valence-electron chi connectivity index (χ0n) is 18.2. The number of anilines is 1. The molecular formula is C27H33N2+. The largest absolute Gasteiger partial charge is 0.347 e. The standard InChI is InChI=1S/C27H33N2/c1-20-8-10-26-24(14-20)16-22(3)18-28(26)12-6-5-7-13-29-19-23(4)17-25-15-21(2)9-11-27(25)29/h5-15,22-23H,16-19H2,1-4H3/q+1. The van der Waals surface area contributed by atoms with Crippen molar-refractivity contribution in [3.8, 4) is 0 Å². The van der Waals surface area contributed by atoms with E-state index in [4.69, 9.17) is 0 Å². The molecule has 2 unspecified atom stereocenters. The van der Waals surface area contributed by atoms with Crippen LogP contribution in [0.15, 0.2) is 60.8 Å². The predicted octanol–water partition coefficient (Wildman–Crippen LogP) is 5.98. The highest BCUT2D eigenvalue weighted by Gasteiger charge is 2.25. The van der Waals surface area contributed by atoms with Crippen molar-refractivity contribution in [2.24, 2.45) is 11.8 Å². The molecule has 2 nitrogen and oxygen atoms in total. The molecule has 0 saturated carbocycles. The Kier molecular flexibility index (Phi) is 5.71. The summed E-state index contributed by atoms with van der Waals surface area (Å²) < 4.78 is 2.40. The van der Waals surface area contributed by atoms with Crippen molar-refractivity contribution in [2.75, 3.05) is 18.0 Å². The van der Waals surface area contributed by atoms with Crippen LogP contribution < -0.4 is 4.90 Å². The van der Waals surface area contributed by atoms with Gasteiger partial charge < -0.3 is 4.90 Å². The maximum absolute atomic E-state index is 2.40. The summed E-state index contributed by atoms with van der Waals surface area (Å²) in [6.45, 7) is 11.2. The van der Waals surface area contributed by atoms with Crippen molar-refractivity contribution in [2.45, 2.75) is 40.5 Å². The van der Waals surface area contributed by atoms with E-state index in [1.165, 1.54) is 46.5 Å². The maximum atomic E-state index is 2.40. The Morgan fingerprint density at radius 2 is 1.59 bits per heavy atom. The van der Waals surface area contributed by atoms with Gasteiger partial charge in [0.15, 0.2) is 12.8 Å². The molecule has 2 heterocycles. The number of nitrogens with zero attached hydrogens (tertiary/aromatic N) is 2. The molecule has 0 spiro atoms.